The van der Waals surface area contributed by atoms with E-state index >= 15 is 0 Å². The first kappa shape index (κ1) is 48.8. The number of nitrogens with two attached hydrogens (primary N) is 1. The van der Waals surface area contributed by atoms with Gasteiger partial charge in [0.15, 0.2) is 0 Å². The first-order chi connectivity index (χ1) is 27.1. The van der Waals surface area contributed by atoms with Crippen LogP contribution >= 0.6 is 23.5 Å². The van der Waals surface area contributed by atoms with Crippen molar-refractivity contribution < 1.29 is 48.4 Å². The van der Waals surface area contributed by atoms with Crippen molar-refractivity contribution in [2.24, 2.45) is 17.6 Å². The summed E-state index contributed by atoms with van der Waals surface area (Å²) >= 11 is 3.26. The third-order valence-corrected chi connectivity index (χ3v) is 11.4. The number of hydroxylamine groups is 1. The number of primary amides is 1. The quantitative estimate of drug-likeness (QED) is 0.0178. The summed E-state index contributed by atoms with van der Waals surface area (Å²) in [5.74, 6) is -4.20. The highest BCUT2D eigenvalue weighted by atomic mass is 32.2. The second kappa shape index (κ2) is 26.6. The maximum absolute atomic E-state index is 12.9. The number of carbonyl (C=O) groups is 9. The summed E-state index contributed by atoms with van der Waals surface area (Å²) < 4.78 is 0. The number of rotatable bonds is 28. The van der Waals surface area contributed by atoms with Gasteiger partial charge in [0.1, 0.15) is 12.1 Å². The molecule has 2 rings (SSSR count). The van der Waals surface area contributed by atoms with Crippen LogP contribution in [0.5, 0.6) is 0 Å². The number of hydrogen-bond donors (Lipinski definition) is 11. The highest BCUT2D eigenvalue weighted by molar-refractivity contribution is 8.00. The molecule has 0 spiro atoms. The molecular weight excluding hydrogens is 785 g/mol. The number of fused-ring (bicyclic) bond motifs is 1. The standard InChI is InChI=1S/C35H60N10O10S2/c1-20(2)14-21(15-27(47)45-55)33(52)39-18-30(50)42-23(11-13-56-3)34(53)40-16-28(48)38-17-29(49)41-22(32(36)51)8-6-7-12-37-26(46)10-5-4-9-25-31-24(19-57-25)43-35(54)44-31/h20-25,31,55H,4-19H2,1-3H3,(H2,36,51)(H,37,46)(H,38,48)(H,39,52)(H,40,53)(H,41,49)(H,42,50)(H,45,47)(H2,43,44,54)/t21?,22-,23-,24-,25-,31-/m0/s1. The molecule has 57 heavy (non-hydrogen) atoms. The highest BCUT2D eigenvalue weighted by Gasteiger charge is 2.42. The van der Waals surface area contributed by atoms with E-state index in [4.69, 9.17) is 10.9 Å². The summed E-state index contributed by atoms with van der Waals surface area (Å²) in [7, 11) is 0. The van der Waals surface area contributed by atoms with E-state index in [0.717, 1.165) is 25.0 Å². The Bertz CT molecular complexity index is 1410. The third kappa shape index (κ3) is 19.6. The lowest BCUT2D eigenvalue weighted by atomic mass is 9.93. The van der Waals surface area contributed by atoms with E-state index in [2.05, 4.69) is 42.5 Å². The smallest absolute Gasteiger partial charge is 0.315 e. The molecule has 322 valence electrons. The molecule has 2 fully saturated rings. The molecular formula is C35H60N10O10S2. The fraction of sp³-hybridized carbons (Fsp3) is 0.743. The van der Waals surface area contributed by atoms with Crippen LogP contribution in [0, 0.1) is 11.8 Å². The van der Waals surface area contributed by atoms with Crippen molar-refractivity contribution in [2.75, 3.05) is 43.9 Å². The van der Waals surface area contributed by atoms with Gasteiger partial charge in [0.25, 0.3) is 0 Å². The lowest BCUT2D eigenvalue weighted by Crippen LogP contribution is -2.52. The van der Waals surface area contributed by atoms with Gasteiger partial charge in [0, 0.05) is 36.3 Å². The number of nitrogens with one attached hydrogen (secondary N) is 9. The Morgan fingerprint density at radius 2 is 1.47 bits per heavy atom. The van der Waals surface area contributed by atoms with Gasteiger partial charge < -0.3 is 48.3 Å². The van der Waals surface area contributed by atoms with Crippen LogP contribution in [-0.2, 0) is 38.4 Å². The molecule has 2 heterocycles. The van der Waals surface area contributed by atoms with Gasteiger partial charge in [-0.3, -0.25) is 43.6 Å². The van der Waals surface area contributed by atoms with E-state index in [0.29, 0.717) is 43.2 Å². The van der Waals surface area contributed by atoms with E-state index in [9.17, 15) is 43.2 Å². The third-order valence-electron chi connectivity index (χ3n) is 9.24. The molecule has 0 aromatic rings. The highest BCUT2D eigenvalue weighted by Crippen LogP contribution is 2.33. The van der Waals surface area contributed by atoms with Gasteiger partial charge in [0.2, 0.25) is 47.3 Å². The fourth-order valence-corrected chi connectivity index (χ4v) is 8.32. The Morgan fingerprint density at radius 3 is 2.14 bits per heavy atom. The van der Waals surface area contributed by atoms with Gasteiger partial charge in [-0.15, -0.1) is 0 Å². The summed E-state index contributed by atoms with van der Waals surface area (Å²) in [4.78, 5) is 110. The Hall–Kier alpha value is -4.31. The molecule has 6 atom stereocenters. The topological polar surface area (TPSA) is 308 Å². The Labute approximate surface area is 341 Å². The van der Waals surface area contributed by atoms with Crippen LogP contribution in [0.25, 0.3) is 0 Å². The van der Waals surface area contributed by atoms with E-state index < -0.39 is 79.0 Å². The summed E-state index contributed by atoms with van der Waals surface area (Å²) in [6.45, 7) is 2.63. The average molecular weight is 845 g/mol. The zero-order valence-corrected chi connectivity index (χ0v) is 34.5. The van der Waals surface area contributed by atoms with E-state index in [1.807, 2.05) is 31.9 Å². The molecule has 0 saturated carbocycles. The van der Waals surface area contributed by atoms with Crippen LogP contribution in [0.15, 0.2) is 0 Å². The van der Waals surface area contributed by atoms with Crippen LogP contribution in [-0.4, -0.2) is 132 Å². The molecule has 0 aromatic heterocycles. The second-order valence-corrected chi connectivity index (χ2v) is 16.7. The zero-order valence-electron chi connectivity index (χ0n) is 32.9. The number of hydrogen-bond acceptors (Lipinski definition) is 12. The van der Waals surface area contributed by atoms with E-state index in [1.54, 1.807) is 0 Å². The predicted molar refractivity (Wildman–Crippen MR) is 213 cm³/mol. The largest absolute Gasteiger partial charge is 0.368 e. The summed E-state index contributed by atoms with van der Waals surface area (Å²) in [5, 5.41) is 30.1. The lowest BCUT2D eigenvalue weighted by Gasteiger charge is -2.20. The van der Waals surface area contributed by atoms with Gasteiger partial charge in [0.05, 0.1) is 31.7 Å². The molecule has 0 aromatic carbocycles. The number of thioether (sulfide) groups is 2. The minimum atomic E-state index is -1.04. The fourth-order valence-electron chi connectivity index (χ4n) is 6.31. The van der Waals surface area contributed by atoms with E-state index in [-0.39, 0.29) is 49.2 Å². The van der Waals surface area contributed by atoms with Crippen LogP contribution in [0.2, 0.25) is 0 Å². The van der Waals surface area contributed by atoms with Crippen molar-refractivity contribution in [3.8, 4) is 0 Å². The number of amides is 10. The predicted octanol–water partition coefficient (Wildman–Crippen LogP) is -1.89. The maximum Gasteiger partial charge on any atom is 0.315 e. The van der Waals surface area contributed by atoms with Crippen molar-refractivity contribution in [1.29, 1.82) is 0 Å². The molecule has 0 bridgehead atoms. The van der Waals surface area contributed by atoms with Gasteiger partial charge >= 0.3 is 6.03 Å². The number of unbranched alkanes of at least 4 members (excludes halogenated alkanes) is 2. The van der Waals surface area contributed by atoms with Gasteiger partial charge in [-0.2, -0.15) is 23.5 Å². The van der Waals surface area contributed by atoms with Gasteiger partial charge in [-0.25, -0.2) is 10.3 Å². The lowest BCUT2D eigenvalue weighted by molar-refractivity contribution is -0.136. The summed E-state index contributed by atoms with van der Waals surface area (Å²) in [5.41, 5.74) is 6.95. The molecule has 2 aliphatic rings. The number of carbonyl (C=O) groups excluding carboxylic acids is 9. The normalized spacial score (nSPS) is 18.5. The first-order valence-electron chi connectivity index (χ1n) is 19.2. The summed E-state index contributed by atoms with van der Waals surface area (Å²) in [6, 6.07) is -1.83. The Kier molecular flexibility index (Phi) is 22.8. The molecule has 2 aliphatic heterocycles. The Balaban J connectivity index is 1.64. The average Bonchev–Trinajstić information content (AvgIpc) is 3.72. The molecule has 0 aliphatic carbocycles. The van der Waals surface area contributed by atoms with E-state index in [1.165, 1.54) is 17.2 Å². The molecule has 20 nitrogen and oxygen atoms in total. The number of urea groups is 1. The maximum atomic E-state index is 12.9. The van der Waals surface area contributed by atoms with Crippen LogP contribution in [0.4, 0.5) is 4.79 Å². The summed E-state index contributed by atoms with van der Waals surface area (Å²) in [6.07, 6.45) is 6.26. The van der Waals surface area contributed by atoms with Crippen LogP contribution in [0.1, 0.15) is 78.1 Å². The van der Waals surface area contributed by atoms with Crippen LogP contribution in [0.3, 0.4) is 0 Å². The minimum absolute atomic E-state index is 0.0584. The SMILES string of the molecule is CSCC[C@H](NC(=O)CNC(=O)C(CC(=O)NO)CC(C)C)C(=O)NCC(=O)NCC(=O)N[C@@H](CCCCNC(=O)CCCC[C@@H]1SC[C@@H]2NC(=O)N[C@@H]21)C(N)=O. The van der Waals surface area contributed by atoms with Crippen molar-refractivity contribution >= 4 is 76.8 Å². The monoisotopic (exact) mass is 844 g/mol. The Morgan fingerprint density at radius 1 is 0.807 bits per heavy atom. The molecule has 2 saturated heterocycles. The van der Waals surface area contributed by atoms with Gasteiger partial charge in [-0.1, -0.05) is 20.3 Å². The zero-order chi connectivity index (χ0) is 42.3. The minimum Gasteiger partial charge on any atom is -0.368 e. The molecule has 10 amide bonds. The van der Waals surface area contributed by atoms with Crippen molar-refractivity contribution in [3.05, 3.63) is 0 Å². The molecule has 22 heteroatoms. The second-order valence-electron chi connectivity index (χ2n) is 14.4. The van der Waals surface area contributed by atoms with Crippen LogP contribution < -0.4 is 53.7 Å². The molecule has 1 unspecified atom stereocenters. The van der Waals surface area contributed by atoms with Crippen molar-refractivity contribution in [1.82, 2.24) is 48.0 Å². The van der Waals surface area contributed by atoms with Gasteiger partial charge in [-0.05, 0) is 62.9 Å². The van der Waals surface area contributed by atoms with Crippen molar-refractivity contribution in [3.63, 3.8) is 0 Å². The molecule has 0 radical (unpaired) electrons. The van der Waals surface area contributed by atoms with Crippen molar-refractivity contribution in [2.45, 2.75) is 107 Å². The molecule has 12 N–H and O–H groups in total. The first-order valence-corrected chi connectivity index (χ1v) is 21.6.